The minimum absolute atomic E-state index is 0.0890. The van der Waals surface area contributed by atoms with Crippen LogP contribution in [0, 0.1) is 11.8 Å². The molecule has 0 saturated heterocycles. The molecule has 2 amide bonds. The van der Waals surface area contributed by atoms with Crippen LogP contribution in [0.4, 0.5) is 5.69 Å². The quantitative estimate of drug-likeness (QED) is 0.933. The fraction of sp³-hybridized carbons (Fsp3) is 0.579. The van der Waals surface area contributed by atoms with Gasteiger partial charge in [-0.25, -0.2) is 0 Å². The van der Waals surface area contributed by atoms with Crippen molar-refractivity contribution in [2.24, 2.45) is 11.8 Å². The maximum atomic E-state index is 12.9. The number of nitrogens with one attached hydrogen (secondary N) is 1. The maximum Gasteiger partial charge on any atom is 0.230 e. The van der Waals surface area contributed by atoms with Gasteiger partial charge in [-0.1, -0.05) is 18.2 Å². The Hall–Kier alpha value is -1.84. The van der Waals surface area contributed by atoms with Crippen LogP contribution in [0.1, 0.15) is 44.1 Å². The van der Waals surface area contributed by atoms with E-state index in [-0.39, 0.29) is 23.7 Å². The Morgan fingerprint density at radius 3 is 2.39 bits per heavy atom. The molecule has 4 rings (SSSR count). The number of fused-ring (bicyclic) bond motifs is 1. The molecule has 1 N–H and O–H groups in total. The summed E-state index contributed by atoms with van der Waals surface area (Å²) in [6.07, 6.45) is 6.62. The molecule has 1 aromatic rings. The highest BCUT2D eigenvalue weighted by atomic mass is 16.2. The Bertz CT molecular complexity index is 616. The Labute approximate surface area is 137 Å². The molecule has 2 aliphatic carbocycles. The van der Waals surface area contributed by atoms with Crippen molar-refractivity contribution >= 4 is 17.5 Å². The number of amides is 2. The zero-order valence-corrected chi connectivity index (χ0v) is 13.5. The van der Waals surface area contributed by atoms with E-state index in [1.165, 1.54) is 5.56 Å². The third-order valence-electron chi connectivity index (χ3n) is 5.52. The molecule has 4 nitrogen and oxygen atoms in total. The zero-order valence-electron chi connectivity index (χ0n) is 13.5. The number of carbonyl (C=O) groups excluding carboxylic acids is 2. The van der Waals surface area contributed by atoms with Crippen molar-refractivity contribution in [1.29, 1.82) is 0 Å². The summed E-state index contributed by atoms with van der Waals surface area (Å²) in [5.74, 6) is 0.678. The van der Waals surface area contributed by atoms with E-state index in [0.717, 1.165) is 57.2 Å². The molecule has 23 heavy (non-hydrogen) atoms. The van der Waals surface area contributed by atoms with E-state index >= 15 is 0 Å². The van der Waals surface area contributed by atoms with Crippen LogP contribution in [0.3, 0.4) is 0 Å². The molecular weight excluding hydrogens is 288 g/mol. The van der Waals surface area contributed by atoms with Gasteiger partial charge in [0.05, 0.1) is 0 Å². The molecule has 1 aromatic carbocycles. The van der Waals surface area contributed by atoms with Crippen molar-refractivity contribution in [2.45, 2.75) is 51.0 Å². The van der Waals surface area contributed by atoms with Crippen LogP contribution in [0.5, 0.6) is 0 Å². The molecule has 0 aromatic heterocycles. The van der Waals surface area contributed by atoms with Gasteiger partial charge in [-0.15, -0.1) is 0 Å². The summed E-state index contributed by atoms with van der Waals surface area (Å²) in [6, 6.07) is 8.64. The topological polar surface area (TPSA) is 49.4 Å². The highest BCUT2D eigenvalue weighted by Crippen LogP contribution is 2.35. The summed E-state index contributed by atoms with van der Waals surface area (Å²) in [5.41, 5.74) is 2.37. The summed E-state index contributed by atoms with van der Waals surface area (Å²) in [7, 11) is 0. The van der Waals surface area contributed by atoms with E-state index in [1.807, 2.05) is 17.0 Å². The normalized spacial score (nSPS) is 26.7. The second kappa shape index (κ2) is 5.99. The average molecular weight is 312 g/mol. The average Bonchev–Trinajstić information content (AvgIpc) is 3.30. The van der Waals surface area contributed by atoms with Crippen molar-refractivity contribution in [2.75, 3.05) is 11.4 Å². The maximum absolute atomic E-state index is 12.9. The lowest BCUT2D eigenvalue weighted by Crippen LogP contribution is -2.39. The summed E-state index contributed by atoms with van der Waals surface area (Å²) < 4.78 is 0. The molecule has 0 radical (unpaired) electrons. The van der Waals surface area contributed by atoms with Gasteiger partial charge >= 0.3 is 0 Å². The first-order valence-electron chi connectivity index (χ1n) is 8.92. The number of nitrogens with zero attached hydrogens (tertiary/aromatic N) is 1. The molecular formula is C19H24N2O2. The lowest BCUT2D eigenvalue weighted by Gasteiger charge is -2.30. The van der Waals surface area contributed by atoms with Crippen molar-refractivity contribution in [3.05, 3.63) is 29.8 Å². The summed E-state index contributed by atoms with van der Waals surface area (Å²) in [4.78, 5) is 27.0. The summed E-state index contributed by atoms with van der Waals surface area (Å²) in [5, 5.41) is 3.10. The highest BCUT2D eigenvalue weighted by Gasteiger charge is 2.35. The number of anilines is 1. The van der Waals surface area contributed by atoms with Gasteiger partial charge in [0, 0.05) is 30.1 Å². The third-order valence-corrected chi connectivity index (χ3v) is 5.52. The molecule has 0 atom stereocenters. The number of rotatable bonds is 3. The van der Waals surface area contributed by atoms with Crippen molar-refractivity contribution < 1.29 is 9.59 Å². The van der Waals surface area contributed by atoms with Crippen molar-refractivity contribution in [3.63, 3.8) is 0 Å². The molecule has 2 fully saturated rings. The van der Waals surface area contributed by atoms with Gasteiger partial charge in [-0.3, -0.25) is 9.59 Å². The monoisotopic (exact) mass is 312 g/mol. The van der Waals surface area contributed by atoms with Crippen LogP contribution in [-0.4, -0.2) is 24.4 Å². The highest BCUT2D eigenvalue weighted by molar-refractivity contribution is 5.97. The third kappa shape index (κ3) is 2.99. The molecule has 0 bridgehead atoms. The van der Waals surface area contributed by atoms with Gasteiger partial charge in [-0.05, 0) is 56.6 Å². The predicted molar refractivity (Wildman–Crippen MR) is 89.1 cm³/mol. The number of benzene rings is 1. The van der Waals surface area contributed by atoms with E-state index in [0.29, 0.717) is 6.04 Å². The first-order chi connectivity index (χ1) is 11.2. The fourth-order valence-electron chi connectivity index (χ4n) is 3.94. The Kier molecular flexibility index (Phi) is 3.83. The molecule has 1 heterocycles. The van der Waals surface area contributed by atoms with E-state index in [2.05, 4.69) is 17.4 Å². The minimum atomic E-state index is 0.0890. The molecule has 4 heteroatoms. The molecule has 2 saturated carbocycles. The van der Waals surface area contributed by atoms with Crippen LogP contribution >= 0.6 is 0 Å². The Balaban J connectivity index is 1.35. The molecule has 0 unspecified atom stereocenters. The van der Waals surface area contributed by atoms with Crippen molar-refractivity contribution in [3.8, 4) is 0 Å². The minimum Gasteiger partial charge on any atom is -0.353 e. The van der Waals surface area contributed by atoms with Crippen LogP contribution < -0.4 is 10.2 Å². The first kappa shape index (κ1) is 14.7. The van der Waals surface area contributed by atoms with Crippen LogP contribution in [-0.2, 0) is 16.0 Å². The largest absolute Gasteiger partial charge is 0.353 e. The zero-order chi connectivity index (χ0) is 15.8. The number of hydrogen-bond acceptors (Lipinski definition) is 2. The smallest absolute Gasteiger partial charge is 0.230 e. The van der Waals surface area contributed by atoms with Crippen molar-refractivity contribution in [1.82, 2.24) is 5.32 Å². The molecule has 122 valence electrons. The molecule has 0 spiro atoms. The standard InChI is InChI=1S/C19H24N2O2/c22-18(20-16-9-10-16)14-5-7-15(8-6-14)19(23)21-12-11-13-3-1-2-4-17(13)21/h1-4,14-16H,5-12H2,(H,20,22). The Morgan fingerprint density at radius 1 is 0.957 bits per heavy atom. The van der Waals surface area contributed by atoms with E-state index in [1.54, 1.807) is 0 Å². The summed E-state index contributed by atoms with van der Waals surface area (Å²) in [6.45, 7) is 0.806. The van der Waals surface area contributed by atoms with E-state index in [9.17, 15) is 9.59 Å². The predicted octanol–water partition coefficient (Wildman–Crippen LogP) is 2.66. The van der Waals surface area contributed by atoms with Gasteiger partial charge in [0.15, 0.2) is 0 Å². The second-order valence-electron chi connectivity index (χ2n) is 7.20. The molecule has 1 aliphatic heterocycles. The Morgan fingerprint density at radius 2 is 1.65 bits per heavy atom. The van der Waals surface area contributed by atoms with E-state index < -0.39 is 0 Å². The van der Waals surface area contributed by atoms with Crippen LogP contribution in [0.15, 0.2) is 24.3 Å². The summed E-state index contributed by atoms with van der Waals surface area (Å²) >= 11 is 0. The fourth-order valence-corrected chi connectivity index (χ4v) is 3.94. The number of para-hydroxylation sites is 1. The lowest BCUT2D eigenvalue weighted by molar-refractivity contribution is -0.129. The second-order valence-corrected chi connectivity index (χ2v) is 7.20. The van der Waals surface area contributed by atoms with Gasteiger partial charge in [0.25, 0.3) is 0 Å². The lowest BCUT2D eigenvalue weighted by atomic mass is 9.81. The van der Waals surface area contributed by atoms with Gasteiger partial charge in [0.2, 0.25) is 11.8 Å². The SMILES string of the molecule is O=C(NC1CC1)C1CCC(C(=O)N2CCc3ccccc32)CC1. The van der Waals surface area contributed by atoms with Crippen LogP contribution in [0.25, 0.3) is 0 Å². The van der Waals surface area contributed by atoms with Gasteiger partial charge in [0.1, 0.15) is 0 Å². The van der Waals surface area contributed by atoms with Crippen LogP contribution in [0.2, 0.25) is 0 Å². The molecule has 3 aliphatic rings. The number of hydrogen-bond donors (Lipinski definition) is 1. The van der Waals surface area contributed by atoms with Gasteiger partial charge < -0.3 is 10.2 Å². The number of carbonyl (C=O) groups is 2. The van der Waals surface area contributed by atoms with E-state index in [4.69, 9.17) is 0 Å². The first-order valence-corrected chi connectivity index (χ1v) is 8.92. The van der Waals surface area contributed by atoms with Gasteiger partial charge in [-0.2, -0.15) is 0 Å².